The Bertz CT molecular complexity index is 608. The van der Waals surface area contributed by atoms with Crippen molar-refractivity contribution in [2.75, 3.05) is 13.2 Å². The predicted octanol–water partition coefficient (Wildman–Crippen LogP) is 2.00. The van der Waals surface area contributed by atoms with Gasteiger partial charge in [0.1, 0.15) is 12.4 Å². The van der Waals surface area contributed by atoms with Crippen LogP contribution in [-0.4, -0.2) is 28.1 Å². The van der Waals surface area contributed by atoms with Crippen LogP contribution in [0, 0.1) is 18.8 Å². The van der Waals surface area contributed by atoms with E-state index in [9.17, 15) is 0 Å². The molecule has 1 heterocycles. The zero-order chi connectivity index (χ0) is 14.2. The van der Waals surface area contributed by atoms with Crippen LogP contribution in [0.2, 0.25) is 0 Å². The number of aliphatic hydroxyl groups is 1. The number of nitrogens with zero attached hydrogens (tertiary/aromatic N) is 2. The molecule has 0 aliphatic carbocycles. The van der Waals surface area contributed by atoms with Crippen molar-refractivity contribution in [3.8, 4) is 17.6 Å². The first kappa shape index (κ1) is 14.2. The third kappa shape index (κ3) is 4.45. The monoisotopic (exact) mass is 270 g/mol. The van der Waals surface area contributed by atoms with Gasteiger partial charge >= 0.3 is 0 Å². The molecule has 20 heavy (non-hydrogen) atoms. The van der Waals surface area contributed by atoms with Gasteiger partial charge in [-0.1, -0.05) is 17.9 Å². The van der Waals surface area contributed by atoms with E-state index in [2.05, 4.69) is 16.9 Å². The fraction of sp³-hybridized carbons (Fsp3) is 0.312. The number of hydrogen-bond donors (Lipinski definition) is 1. The molecule has 0 saturated carbocycles. The van der Waals surface area contributed by atoms with Crippen molar-refractivity contribution in [1.29, 1.82) is 0 Å². The molecule has 104 valence electrons. The van der Waals surface area contributed by atoms with E-state index in [1.807, 2.05) is 48.3 Å². The summed E-state index contributed by atoms with van der Waals surface area (Å²) in [6.07, 6.45) is 4.31. The summed E-state index contributed by atoms with van der Waals surface area (Å²) < 4.78 is 7.55. The summed E-state index contributed by atoms with van der Waals surface area (Å²) in [4.78, 5) is 0. The number of aryl methyl sites for hydroxylation is 1. The van der Waals surface area contributed by atoms with Crippen molar-refractivity contribution < 1.29 is 9.84 Å². The molecule has 0 fully saturated rings. The number of rotatable bonds is 5. The summed E-state index contributed by atoms with van der Waals surface area (Å²) in [5, 5.41) is 12.9. The molecule has 0 aliphatic rings. The molecule has 2 aromatic rings. The lowest BCUT2D eigenvalue weighted by Crippen LogP contribution is -2.08. The van der Waals surface area contributed by atoms with Crippen LogP contribution in [0.1, 0.15) is 17.5 Å². The summed E-state index contributed by atoms with van der Waals surface area (Å²) in [5.41, 5.74) is 2.04. The van der Waals surface area contributed by atoms with Crippen LogP contribution in [0.15, 0.2) is 36.7 Å². The first-order chi connectivity index (χ1) is 9.78. The molecule has 1 N–H and O–H groups in total. The van der Waals surface area contributed by atoms with Gasteiger partial charge in [-0.2, -0.15) is 5.10 Å². The Labute approximate surface area is 119 Å². The van der Waals surface area contributed by atoms with Gasteiger partial charge in [0.25, 0.3) is 0 Å². The zero-order valence-electron chi connectivity index (χ0n) is 11.5. The van der Waals surface area contributed by atoms with Gasteiger partial charge in [-0.05, 0) is 30.7 Å². The van der Waals surface area contributed by atoms with Crippen LogP contribution in [0.5, 0.6) is 5.75 Å². The Kier molecular flexibility index (Phi) is 5.22. The highest BCUT2D eigenvalue weighted by molar-refractivity contribution is 5.39. The molecule has 4 nitrogen and oxygen atoms in total. The van der Waals surface area contributed by atoms with Gasteiger partial charge in [0.15, 0.2) is 0 Å². The van der Waals surface area contributed by atoms with Crippen LogP contribution in [0.3, 0.4) is 0 Å². The lowest BCUT2D eigenvalue weighted by molar-refractivity contribution is 0.291. The maximum absolute atomic E-state index is 8.69. The van der Waals surface area contributed by atoms with Gasteiger partial charge in [0, 0.05) is 18.2 Å². The molecule has 0 spiro atoms. The van der Waals surface area contributed by atoms with E-state index in [0.29, 0.717) is 19.6 Å². The summed E-state index contributed by atoms with van der Waals surface area (Å²) in [6, 6.07) is 7.65. The second-order valence-electron chi connectivity index (χ2n) is 4.43. The number of aliphatic hydroxyl groups excluding tert-OH is 1. The Morgan fingerprint density at radius 3 is 3.05 bits per heavy atom. The number of aromatic nitrogens is 2. The van der Waals surface area contributed by atoms with E-state index in [0.717, 1.165) is 16.9 Å². The van der Waals surface area contributed by atoms with Gasteiger partial charge in [-0.3, -0.25) is 4.68 Å². The average molecular weight is 270 g/mol. The van der Waals surface area contributed by atoms with Crippen LogP contribution in [0.4, 0.5) is 0 Å². The Hall–Kier alpha value is -2.25. The zero-order valence-corrected chi connectivity index (χ0v) is 11.5. The molecule has 2 rings (SSSR count). The lowest BCUT2D eigenvalue weighted by Gasteiger charge is -2.06. The smallest absolute Gasteiger partial charge is 0.120 e. The SMILES string of the molecule is Cc1cnn(CCOc2cccc(C#CCCO)c2)c1. The standard InChI is InChI=1S/C16H18N2O2/c1-14-12-17-18(13-14)8-10-20-16-7-4-6-15(11-16)5-2-3-9-19/h4,6-7,11-13,19H,3,8-10H2,1H3. The average Bonchev–Trinajstić information content (AvgIpc) is 2.85. The Balaban J connectivity index is 1.87. The molecular weight excluding hydrogens is 252 g/mol. The highest BCUT2D eigenvalue weighted by Gasteiger charge is 1.97. The number of hydrogen-bond acceptors (Lipinski definition) is 3. The van der Waals surface area contributed by atoms with Crippen LogP contribution in [-0.2, 0) is 6.54 Å². The maximum atomic E-state index is 8.69. The first-order valence-corrected chi connectivity index (χ1v) is 6.59. The lowest BCUT2D eigenvalue weighted by atomic mass is 10.2. The number of benzene rings is 1. The summed E-state index contributed by atoms with van der Waals surface area (Å²) in [6.45, 7) is 3.38. The largest absolute Gasteiger partial charge is 0.492 e. The summed E-state index contributed by atoms with van der Waals surface area (Å²) in [5.74, 6) is 6.68. The van der Waals surface area contributed by atoms with Crippen molar-refractivity contribution in [3.63, 3.8) is 0 Å². The Morgan fingerprint density at radius 1 is 1.40 bits per heavy atom. The quantitative estimate of drug-likeness (QED) is 0.845. The molecule has 1 aromatic heterocycles. The van der Waals surface area contributed by atoms with E-state index < -0.39 is 0 Å². The molecule has 0 saturated heterocycles. The molecule has 0 amide bonds. The van der Waals surface area contributed by atoms with Crippen LogP contribution >= 0.6 is 0 Å². The minimum absolute atomic E-state index is 0.0898. The van der Waals surface area contributed by atoms with Gasteiger partial charge < -0.3 is 9.84 Å². The van der Waals surface area contributed by atoms with Crippen molar-refractivity contribution in [1.82, 2.24) is 9.78 Å². The normalized spacial score (nSPS) is 9.90. The highest BCUT2D eigenvalue weighted by Crippen LogP contribution is 2.12. The van der Waals surface area contributed by atoms with E-state index in [-0.39, 0.29) is 6.61 Å². The van der Waals surface area contributed by atoms with Gasteiger partial charge in [-0.25, -0.2) is 0 Å². The molecule has 0 aliphatic heterocycles. The molecule has 0 radical (unpaired) electrons. The van der Waals surface area contributed by atoms with Gasteiger partial charge in [0.05, 0.1) is 19.3 Å². The maximum Gasteiger partial charge on any atom is 0.120 e. The van der Waals surface area contributed by atoms with Gasteiger partial charge in [-0.15, -0.1) is 0 Å². The minimum Gasteiger partial charge on any atom is -0.492 e. The predicted molar refractivity (Wildman–Crippen MR) is 77.5 cm³/mol. The fourth-order valence-electron chi connectivity index (χ4n) is 1.73. The fourth-order valence-corrected chi connectivity index (χ4v) is 1.73. The van der Waals surface area contributed by atoms with Crippen molar-refractivity contribution in [2.24, 2.45) is 0 Å². The van der Waals surface area contributed by atoms with E-state index >= 15 is 0 Å². The van der Waals surface area contributed by atoms with E-state index in [1.54, 1.807) is 0 Å². The molecule has 0 bridgehead atoms. The third-order valence-corrected chi connectivity index (χ3v) is 2.66. The molecule has 4 heteroatoms. The minimum atomic E-state index is 0.0898. The van der Waals surface area contributed by atoms with E-state index in [1.165, 1.54) is 0 Å². The molecule has 0 atom stereocenters. The van der Waals surface area contributed by atoms with Crippen LogP contribution in [0.25, 0.3) is 0 Å². The van der Waals surface area contributed by atoms with Gasteiger partial charge in [0.2, 0.25) is 0 Å². The van der Waals surface area contributed by atoms with Crippen molar-refractivity contribution >= 4 is 0 Å². The second-order valence-corrected chi connectivity index (χ2v) is 4.43. The van der Waals surface area contributed by atoms with Crippen molar-refractivity contribution in [2.45, 2.75) is 19.9 Å². The molecule has 0 unspecified atom stereocenters. The van der Waals surface area contributed by atoms with E-state index in [4.69, 9.17) is 9.84 Å². The van der Waals surface area contributed by atoms with Crippen LogP contribution < -0.4 is 4.74 Å². The highest BCUT2D eigenvalue weighted by atomic mass is 16.5. The third-order valence-electron chi connectivity index (χ3n) is 2.66. The molecule has 1 aromatic carbocycles. The Morgan fingerprint density at radius 2 is 2.30 bits per heavy atom. The van der Waals surface area contributed by atoms with Crippen molar-refractivity contribution in [3.05, 3.63) is 47.8 Å². The second kappa shape index (κ2) is 7.37. The summed E-state index contributed by atoms with van der Waals surface area (Å²) >= 11 is 0. The topological polar surface area (TPSA) is 47.3 Å². The molecular formula is C16H18N2O2. The number of ether oxygens (including phenoxy) is 1. The first-order valence-electron chi connectivity index (χ1n) is 6.59. The summed E-state index contributed by atoms with van der Waals surface area (Å²) in [7, 11) is 0.